The average Bonchev–Trinajstić information content (AvgIpc) is 2.76. The zero-order valence-corrected chi connectivity index (χ0v) is 20.4. The van der Waals surface area contributed by atoms with Crippen LogP contribution < -0.4 is 10.6 Å². The number of aliphatic imine (C=N–C) groups is 1. The average molecular weight is 527 g/mol. The molecule has 2 aliphatic heterocycles. The first kappa shape index (κ1) is 25.1. The van der Waals surface area contributed by atoms with E-state index < -0.39 is 39.2 Å². The number of carbonyl (C=O) groups is 1. The highest BCUT2D eigenvalue weighted by Gasteiger charge is 2.36. The summed E-state index contributed by atoms with van der Waals surface area (Å²) in [4.78, 5) is 20.3. The van der Waals surface area contributed by atoms with Gasteiger partial charge in [-0.2, -0.15) is 0 Å². The van der Waals surface area contributed by atoms with Gasteiger partial charge < -0.3 is 15.5 Å². The van der Waals surface area contributed by atoms with Crippen LogP contribution in [-0.4, -0.2) is 56.3 Å². The second kappa shape index (κ2) is 9.19. The van der Waals surface area contributed by atoms with Crippen LogP contribution in [0, 0.1) is 17.5 Å². The SMILES string of the molecule is CN=C(C1=C(N)[C@H](C)N(C(=O)c2cc(F)cc(N3CS(=O)(=O)C3)c2Cl)CC1)c1cc(F)cc(F)c1. The second-order valence-electron chi connectivity index (χ2n) is 8.42. The van der Waals surface area contributed by atoms with Crippen LogP contribution in [0.2, 0.25) is 5.02 Å². The molecule has 35 heavy (non-hydrogen) atoms. The lowest BCUT2D eigenvalue weighted by atomic mass is 9.91. The summed E-state index contributed by atoms with van der Waals surface area (Å²) < 4.78 is 65.0. The van der Waals surface area contributed by atoms with E-state index in [1.54, 1.807) is 6.92 Å². The van der Waals surface area contributed by atoms with Crippen LogP contribution in [0.1, 0.15) is 29.3 Å². The van der Waals surface area contributed by atoms with E-state index in [1.165, 1.54) is 16.8 Å². The Hall–Kier alpha value is -3.05. The van der Waals surface area contributed by atoms with E-state index in [9.17, 15) is 26.4 Å². The summed E-state index contributed by atoms with van der Waals surface area (Å²) in [5, 5.41) is -0.0575. The number of nitrogens with zero attached hydrogens (tertiary/aromatic N) is 3. The predicted molar refractivity (Wildman–Crippen MR) is 128 cm³/mol. The van der Waals surface area contributed by atoms with Gasteiger partial charge in [0.05, 0.1) is 28.0 Å². The summed E-state index contributed by atoms with van der Waals surface area (Å²) in [5.74, 6) is -3.47. The van der Waals surface area contributed by atoms with Crippen LogP contribution in [0.5, 0.6) is 0 Å². The van der Waals surface area contributed by atoms with Gasteiger partial charge in [0.15, 0.2) is 9.84 Å². The van der Waals surface area contributed by atoms with Crippen molar-refractivity contribution in [3.8, 4) is 0 Å². The molecular formula is C23H22ClF3N4O3S. The predicted octanol–water partition coefficient (Wildman–Crippen LogP) is 3.47. The summed E-state index contributed by atoms with van der Waals surface area (Å²) in [6.45, 7) is 1.83. The van der Waals surface area contributed by atoms with Crippen LogP contribution in [0.4, 0.5) is 18.9 Å². The summed E-state index contributed by atoms with van der Waals surface area (Å²) in [7, 11) is -1.78. The number of sulfone groups is 1. The lowest BCUT2D eigenvalue weighted by molar-refractivity contribution is 0.0706. The molecule has 2 aromatic rings. The van der Waals surface area contributed by atoms with Crippen LogP contribution >= 0.6 is 11.6 Å². The molecule has 1 fully saturated rings. The zero-order valence-electron chi connectivity index (χ0n) is 18.9. The summed E-state index contributed by atoms with van der Waals surface area (Å²) in [5.41, 5.74) is 7.71. The molecule has 0 spiro atoms. The molecule has 2 heterocycles. The third-order valence-electron chi connectivity index (χ3n) is 6.07. The first-order chi connectivity index (χ1) is 16.4. The largest absolute Gasteiger partial charge is 0.400 e. The normalized spacial score (nSPS) is 20.2. The highest BCUT2D eigenvalue weighted by Crippen LogP contribution is 2.36. The lowest BCUT2D eigenvalue weighted by Crippen LogP contribution is -2.48. The maximum atomic E-state index is 14.4. The number of halogens is 4. The fourth-order valence-corrected chi connectivity index (χ4v) is 5.80. The quantitative estimate of drug-likeness (QED) is 0.615. The Labute approximate surface area is 205 Å². The van der Waals surface area contributed by atoms with Gasteiger partial charge in [0, 0.05) is 36.5 Å². The topological polar surface area (TPSA) is 96.1 Å². The number of amides is 1. The zero-order chi connectivity index (χ0) is 25.7. The maximum absolute atomic E-state index is 14.4. The maximum Gasteiger partial charge on any atom is 0.256 e. The first-order valence-corrected chi connectivity index (χ1v) is 12.8. The van der Waals surface area contributed by atoms with E-state index in [1.807, 2.05) is 0 Å². The molecule has 0 radical (unpaired) electrons. The highest BCUT2D eigenvalue weighted by molar-refractivity contribution is 7.93. The molecule has 2 N–H and O–H groups in total. The number of carbonyl (C=O) groups excluding carboxylic acids is 1. The van der Waals surface area contributed by atoms with Crippen molar-refractivity contribution in [3.63, 3.8) is 0 Å². The molecule has 12 heteroatoms. The monoisotopic (exact) mass is 526 g/mol. The van der Waals surface area contributed by atoms with Gasteiger partial charge in [-0.05, 0) is 37.6 Å². The van der Waals surface area contributed by atoms with Crippen LogP contribution in [0.15, 0.2) is 46.6 Å². The molecule has 7 nitrogen and oxygen atoms in total. The van der Waals surface area contributed by atoms with Gasteiger partial charge in [0.1, 0.15) is 29.2 Å². The molecule has 1 atom stereocenters. The number of hydrogen-bond acceptors (Lipinski definition) is 6. The van der Waals surface area contributed by atoms with Gasteiger partial charge in [-0.25, -0.2) is 21.6 Å². The van der Waals surface area contributed by atoms with Crippen molar-refractivity contribution >= 4 is 38.7 Å². The molecular weight excluding hydrogens is 505 g/mol. The molecule has 0 bridgehead atoms. The van der Waals surface area contributed by atoms with Crippen molar-refractivity contribution in [2.24, 2.45) is 10.7 Å². The molecule has 0 aromatic heterocycles. The highest BCUT2D eigenvalue weighted by atomic mass is 35.5. The molecule has 2 aromatic carbocycles. The minimum absolute atomic E-state index is 0.0575. The van der Waals surface area contributed by atoms with Crippen molar-refractivity contribution in [2.75, 3.05) is 30.2 Å². The first-order valence-electron chi connectivity index (χ1n) is 10.6. The molecule has 0 unspecified atom stereocenters. The van der Waals surface area contributed by atoms with E-state index in [4.69, 9.17) is 17.3 Å². The third kappa shape index (κ3) is 4.74. The molecule has 186 valence electrons. The van der Waals surface area contributed by atoms with E-state index in [0.717, 1.165) is 30.3 Å². The Kier molecular flexibility index (Phi) is 6.58. The lowest BCUT2D eigenvalue weighted by Gasteiger charge is -2.37. The third-order valence-corrected chi connectivity index (χ3v) is 7.88. The van der Waals surface area contributed by atoms with Gasteiger partial charge in [-0.1, -0.05) is 11.6 Å². The van der Waals surface area contributed by atoms with E-state index >= 15 is 0 Å². The summed E-state index contributed by atoms with van der Waals surface area (Å²) in [6, 6.07) is 4.48. The van der Waals surface area contributed by atoms with Crippen LogP contribution in [-0.2, 0) is 9.84 Å². The van der Waals surface area contributed by atoms with Crippen molar-refractivity contribution in [2.45, 2.75) is 19.4 Å². The molecule has 1 amide bonds. The van der Waals surface area contributed by atoms with E-state index in [-0.39, 0.29) is 52.3 Å². The number of anilines is 1. The number of hydrogen-bond donors (Lipinski definition) is 1. The Morgan fingerprint density at radius 2 is 1.69 bits per heavy atom. The minimum atomic E-state index is -3.25. The minimum Gasteiger partial charge on any atom is -0.400 e. The van der Waals surface area contributed by atoms with Crippen molar-refractivity contribution in [1.82, 2.24) is 4.90 Å². The van der Waals surface area contributed by atoms with Crippen molar-refractivity contribution in [1.29, 1.82) is 0 Å². The molecule has 1 saturated heterocycles. The number of benzene rings is 2. The van der Waals surface area contributed by atoms with Crippen LogP contribution in [0.25, 0.3) is 0 Å². The van der Waals surface area contributed by atoms with Gasteiger partial charge in [-0.15, -0.1) is 0 Å². The Balaban J connectivity index is 1.65. The fraction of sp³-hybridized carbons (Fsp3) is 0.304. The number of rotatable bonds is 4. The smallest absolute Gasteiger partial charge is 0.256 e. The Morgan fingerprint density at radius 3 is 2.26 bits per heavy atom. The van der Waals surface area contributed by atoms with Crippen molar-refractivity contribution < 1.29 is 26.4 Å². The molecule has 0 aliphatic carbocycles. The fourth-order valence-electron chi connectivity index (χ4n) is 4.34. The Morgan fingerprint density at radius 1 is 1.09 bits per heavy atom. The second-order valence-corrected chi connectivity index (χ2v) is 10.8. The molecule has 4 rings (SSSR count). The van der Waals surface area contributed by atoms with Crippen LogP contribution in [0.3, 0.4) is 0 Å². The molecule has 2 aliphatic rings. The summed E-state index contributed by atoms with van der Waals surface area (Å²) >= 11 is 6.41. The van der Waals surface area contributed by atoms with Gasteiger partial charge in [0.25, 0.3) is 5.91 Å². The van der Waals surface area contributed by atoms with Crippen molar-refractivity contribution in [3.05, 3.63) is 75.2 Å². The summed E-state index contributed by atoms with van der Waals surface area (Å²) in [6.07, 6.45) is 0.233. The standard InChI is InChI=1S/C23H22ClF3N4O3S/c1-12-21(28)17(22(29-2)13-5-14(25)7-15(26)6-13)3-4-31(12)23(32)18-8-16(27)9-19(20(18)24)30-10-35(33,34)11-30/h5-9,12H,3-4,10-11,28H2,1-2H3/t12-/m0/s1. The van der Waals surface area contributed by atoms with Gasteiger partial charge in [0.2, 0.25) is 0 Å². The van der Waals surface area contributed by atoms with Gasteiger partial charge >= 0.3 is 0 Å². The molecule has 0 saturated carbocycles. The number of nitrogens with two attached hydrogens (primary N) is 1. The van der Waals surface area contributed by atoms with E-state index in [2.05, 4.69) is 4.99 Å². The van der Waals surface area contributed by atoms with Gasteiger partial charge in [-0.3, -0.25) is 9.79 Å². The van der Waals surface area contributed by atoms with E-state index in [0.29, 0.717) is 11.3 Å². The Bertz CT molecular complexity index is 1360.